The van der Waals surface area contributed by atoms with E-state index in [1.807, 2.05) is 12.3 Å². The zero-order valence-corrected chi connectivity index (χ0v) is 17.4. The molecule has 1 N–H and O–H groups in total. The number of halogens is 1. The summed E-state index contributed by atoms with van der Waals surface area (Å²) >= 11 is 0. The highest BCUT2D eigenvalue weighted by Gasteiger charge is 2.45. The first-order valence-electron chi connectivity index (χ1n) is 8.79. The SMILES string of the molecule is CCNC(=NCC1CC1(C)C)N1CCN(c2ccccn2)CC1.I. The minimum Gasteiger partial charge on any atom is -0.357 e. The van der Waals surface area contributed by atoms with Gasteiger partial charge in [-0.3, -0.25) is 4.99 Å². The van der Waals surface area contributed by atoms with Crippen molar-refractivity contribution in [2.75, 3.05) is 44.2 Å². The van der Waals surface area contributed by atoms with Gasteiger partial charge < -0.3 is 15.1 Å². The van der Waals surface area contributed by atoms with Crippen molar-refractivity contribution in [2.24, 2.45) is 16.3 Å². The Hall–Kier alpha value is -1.05. The van der Waals surface area contributed by atoms with Gasteiger partial charge in [0, 0.05) is 45.5 Å². The fourth-order valence-electron chi connectivity index (χ4n) is 3.20. The molecule has 1 aromatic heterocycles. The number of piperazine rings is 1. The molecule has 2 fully saturated rings. The van der Waals surface area contributed by atoms with Gasteiger partial charge in [0.05, 0.1) is 0 Å². The quantitative estimate of drug-likeness (QED) is 0.442. The molecule has 6 heteroatoms. The second-order valence-corrected chi connectivity index (χ2v) is 7.25. The molecule has 2 aliphatic rings. The van der Waals surface area contributed by atoms with E-state index >= 15 is 0 Å². The van der Waals surface area contributed by atoms with E-state index in [9.17, 15) is 0 Å². The summed E-state index contributed by atoms with van der Waals surface area (Å²) in [4.78, 5) is 14.1. The molecule has 3 rings (SSSR count). The van der Waals surface area contributed by atoms with Crippen LogP contribution in [-0.4, -0.2) is 55.1 Å². The molecule has 1 saturated heterocycles. The van der Waals surface area contributed by atoms with Gasteiger partial charge in [0.1, 0.15) is 5.82 Å². The summed E-state index contributed by atoms with van der Waals surface area (Å²) in [6, 6.07) is 6.11. The van der Waals surface area contributed by atoms with Gasteiger partial charge in [0.2, 0.25) is 0 Å². The number of aromatic nitrogens is 1. The fraction of sp³-hybridized carbons (Fsp3) is 0.667. The van der Waals surface area contributed by atoms with Crippen molar-refractivity contribution < 1.29 is 0 Å². The summed E-state index contributed by atoms with van der Waals surface area (Å²) in [5.74, 6) is 2.91. The Kier molecular flexibility index (Phi) is 6.71. The molecule has 1 atom stereocenters. The third-order valence-corrected chi connectivity index (χ3v) is 5.07. The molecular weight excluding hydrogens is 413 g/mol. The van der Waals surface area contributed by atoms with E-state index in [2.05, 4.69) is 53.0 Å². The van der Waals surface area contributed by atoms with Crippen LogP contribution >= 0.6 is 24.0 Å². The van der Waals surface area contributed by atoms with Crippen molar-refractivity contribution in [1.82, 2.24) is 15.2 Å². The fourth-order valence-corrected chi connectivity index (χ4v) is 3.20. The minimum atomic E-state index is 0. The number of pyridine rings is 1. The van der Waals surface area contributed by atoms with Crippen LogP contribution in [0.5, 0.6) is 0 Å². The zero-order chi connectivity index (χ0) is 16.3. The van der Waals surface area contributed by atoms with Gasteiger partial charge in [0.25, 0.3) is 0 Å². The molecule has 1 aliphatic carbocycles. The van der Waals surface area contributed by atoms with Crippen LogP contribution < -0.4 is 10.2 Å². The first-order chi connectivity index (χ1) is 11.1. The van der Waals surface area contributed by atoms with Gasteiger partial charge in [-0.1, -0.05) is 19.9 Å². The summed E-state index contributed by atoms with van der Waals surface area (Å²) in [5, 5.41) is 3.46. The summed E-state index contributed by atoms with van der Waals surface area (Å²) in [7, 11) is 0. The van der Waals surface area contributed by atoms with Crippen molar-refractivity contribution in [3.8, 4) is 0 Å². The van der Waals surface area contributed by atoms with Crippen molar-refractivity contribution in [3.63, 3.8) is 0 Å². The van der Waals surface area contributed by atoms with Crippen LogP contribution in [0.25, 0.3) is 0 Å². The van der Waals surface area contributed by atoms with E-state index in [0.29, 0.717) is 5.41 Å². The van der Waals surface area contributed by atoms with E-state index in [1.54, 1.807) is 0 Å². The third kappa shape index (κ3) is 4.74. The Labute approximate surface area is 162 Å². The second kappa shape index (κ2) is 8.36. The molecule has 1 aromatic rings. The van der Waals surface area contributed by atoms with E-state index < -0.39 is 0 Å². The summed E-state index contributed by atoms with van der Waals surface area (Å²) in [5.41, 5.74) is 0.499. The second-order valence-electron chi connectivity index (χ2n) is 7.25. The molecule has 0 spiro atoms. The molecule has 5 nitrogen and oxygen atoms in total. The van der Waals surface area contributed by atoms with E-state index in [4.69, 9.17) is 4.99 Å². The van der Waals surface area contributed by atoms with Crippen LogP contribution in [0.15, 0.2) is 29.4 Å². The molecule has 1 unspecified atom stereocenters. The maximum atomic E-state index is 4.89. The highest BCUT2D eigenvalue weighted by molar-refractivity contribution is 14.0. The summed E-state index contributed by atoms with van der Waals surface area (Å²) < 4.78 is 0. The number of hydrogen-bond acceptors (Lipinski definition) is 3. The molecule has 134 valence electrons. The number of hydrogen-bond donors (Lipinski definition) is 1. The summed E-state index contributed by atoms with van der Waals surface area (Å²) in [6.45, 7) is 12.7. The number of aliphatic imine (C=N–C) groups is 1. The molecule has 0 bridgehead atoms. The van der Waals surface area contributed by atoms with Crippen molar-refractivity contribution in [1.29, 1.82) is 0 Å². The molecule has 0 amide bonds. The Balaban J connectivity index is 0.00000208. The first kappa shape index (κ1) is 19.3. The predicted molar refractivity (Wildman–Crippen MR) is 111 cm³/mol. The van der Waals surface area contributed by atoms with Gasteiger partial charge >= 0.3 is 0 Å². The lowest BCUT2D eigenvalue weighted by Crippen LogP contribution is -2.52. The Bertz CT molecular complexity index is 538. The first-order valence-corrected chi connectivity index (χ1v) is 8.79. The standard InChI is InChI=1S/C18H29N5.HI/c1-4-19-17(21-14-15-13-18(15,2)3)23-11-9-22(10-12-23)16-7-5-6-8-20-16;/h5-8,15H,4,9-14H2,1-3H3,(H,19,21);1H. The Morgan fingerprint density at radius 3 is 2.54 bits per heavy atom. The average Bonchev–Trinajstić information content (AvgIpc) is 3.19. The Morgan fingerprint density at radius 2 is 2.00 bits per heavy atom. The van der Waals surface area contributed by atoms with E-state index in [0.717, 1.165) is 57.0 Å². The van der Waals surface area contributed by atoms with Gasteiger partial charge in [0.15, 0.2) is 5.96 Å². The predicted octanol–water partition coefficient (Wildman–Crippen LogP) is 2.83. The molecule has 0 radical (unpaired) electrons. The largest absolute Gasteiger partial charge is 0.357 e. The van der Waals surface area contributed by atoms with Gasteiger partial charge in [-0.15, -0.1) is 24.0 Å². The average molecular weight is 443 g/mol. The van der Waals surface area contributed by atoms with Gasteiger partial charge in [-0.2, -0.15) is 0 Å². The minimum absolute atomic E-state index is 0. The van der Waals surface area contributed by atoms with Crippen molar-refractivity contribution in [2.45, 2.75) is 27.2 Å². The van der Waals surface area contributed by atoms with Gasteiger partial charge in [-0.25, -0.2) is 4.98 Å². The highest BCUT2D eigenvalue weighted by atomic mass is 127. The van der Waals surface area contributed by atoms with Crippen LogP contribution in [-0.2, 0) is 0 Å². The molecule has 0 aromatic carbocycles. The van der Waals surface area contributed by atoms with E-state index in [1.165, 1.54) is 6.42 Å². The number of anilines is 1. The lowest BCUT2D eigenvalue weighted by molar-refractivity contribution is 0.370. The molecule has 2 heterocycles. The molecule has 1 saturated carbocycles. The van der Waals surface area contributed by atoms with Crippen molar-refractivity contribution >= 4 is 35.8 Å². The maximum absolute atomic E-state index is 4.89. The number of guanidine groups is 1. The van der Waals surface area contributed by atoms with Crippen LogP contribution in [0.4, 0.5) is 5.82 Å². The number of nitrogens with one attached hydrogen (secondary N) is 1. The lowest BCUT2D eigenvalue weighted by atomic mass is 10.1. The monoisotopic (exact) mass is 443 g/mol. The van der Waals surface area contributed by atoms with Crippen LogP contribution in [0.2, 0.25) is 0 Å². The van der Waals surface area contributed by atoms with Crippen LogP contribution in [0, 0.1) is 11.3 Å². The molecular formula is C18H30IN5. The topological polar surface area (TPSA) is 43.8 Å². The highest BCUT2D eigenvalue weighted by Crippen LogP contribution is 2.51. The number of nitrogens with zero attached hydrogens (tertiary/aromatic N) is 4. The molecule has 1 aliphatic heterocycles. The van der Waals surface area contributed by atoms with E-state index in [-0.39, 0.29) is 24.0 Å². The number of rotatable bonds is 4. The lowest BCUT2D eigenvalue weighted by Gasteiger charge is -2.37. The van der Waals surface area contributed by atoms with Crippen LogP contribution in [0.3, 0.4) is 0 Å². The van der Waals surface area contributed by atoms with Gasteiger partial charge in [-0.05, 0) is 36.8 Å². The zero-order valence-electron chi connectivity index (χ0n) is 15.0. The van der Waals surface area contributed by atoms with Crippen LogP contribution in [0.1, 0.15) is 27.2 Å². The third-order valence-electron chi connectivity index (χ3n) is 5.07. The summed E-state index contributed by atoms with van der Waals surface area (Å²) in [6.07, 6.45) is 3.17. The molecule has 24 heavy (non-hydrogen) atoms. The smallest absolute Gasteiger partial charge is 0.194 e. The Morgan fingerprint density at radius 1 is 1.29 bits per heavy atom. The normalized spacial score (nSPS) is 22.8. The van der Waals surface area contributed by atoms with Crippen molar-refractivity contribution in [3.05, 3.63) is 24.4 Å². The maximum Gasteiger partial charge on any atom is 0.194 e.